The quantitative estimate of drug-likeness (QED) is 0.323. The van der Waals surface area contributed by atoms with Gasteiger partial charge in [-0.05, 0) is 6.04 Å². The van der Waals surface area contributed by atoms with E-state index in [9.17, 15) is 0 Å². The van der Waals surface area contributed by atoms with Crippen LogP contribution < -0.4 is 18.9 Å². The molecule has 0 spiro atoms. The van der Waals surface area contributed by atoms with Gasteiger partial charge in [0.05, 0.1) is 0 Å². The van der Waals surface area contributed by atoms with Gasteiger partial charge in [0.15, 0.2) is 0 Å². The van der Waals surface area contributed by atoms with E-state index in [-0.39, 0.29) is 18.9 Å². The van der Waals surface area contributed by atoms with Gasteiger partial charge in [-0.2, -0.15) is 6.42 Å². The molecule has 0 rings (SSSR count). The molecule has 0 saturated heterocycles. The van der Waals surface area contributed by atoms with Crippen molar-refractivity contribution >= 4 is 8.07 Å². The first-order valence-corrected chi connectivity index (χ1v) is 8.66. The molecule has 0 aromatic rings. The topological polar surface area (TPSA) is 9.23 Å². The number of hydrogen-bond donors (Lipinski definition) is 0. The molecule has 0 aromatic carbocycles. The molecule has 0 heterocycles. The van der Waals surface area contributed by atoms with Crippen LogP contribution in [-0.2, 0) is 4.74 Å². The molecule has 0 N–H and O–H groups in total. The predicted molar refractivity (Wildman–Crippen MR) is 58.2 cm³/mol. The van der Waals surface area contributed by atoms with Crippen LogP contribution in [0.5, 0.6) is 0 Å². The second-order valence-electron chi connectivity index (χ2n) is 4.46. The summed E-state index contributed by atoms with van der Waals surface area (Å²) in [6, 6.07) is 1.28. The number of hydrogen-bond acceptors (Lipinski definition) is 1. The molecule has 0 aromatic heterocycles. The summed E-state index contributed by atoms with van der Waals surface area (Å²) >= 11 is 0. The van der Waals surface area contributed by atoms with Gasteiger partial charge in [-0.25, -0.2) is 0 Å². The fourth-order valence-electron chi connectivity index (χ4n) is 0.832. The maximum Gasteiger partial charge on any atom is 1.00 e. The van der Waals surface area contributed by atoms with Crippen molar-refractivity contribution in [3.8, 4) is 0 Å². The van der Waals surface area contributed by atoms with E-state index < -0.39 is 8.07 Å². The molecule has 0 radical (unpaired) electrons. The Bertz CT molecular complexity index is 102. The average molecular weight is 194 g/mol. The molecule has 0 unspecified atom stereocenters. The number of rotatable bonds is 7. The fraction of sp³-hybridized carbons (Fsp3) is 0.900. The number of unbranched alkanes of at least 4 members (excludes halogenated alkanes) is 2. The molecule has 0 bridgehead atoms. The Morgan fingerprint density at radius 2 is 1.85 bits per heavy atom. The maximum absolute atomic E-state index is 5.49. The standard InChI is InChI=1S/C10H23OSi.Li/c1-5-6-7-8-11-9-10-12(2,3)4;/h7H,5-6,8-10H2,1-4H3;/q-1;+1. The second-order valence-corrected chi connectivity index (χ2v) is 10.1. The van der Waals surface area contributed by atoms with E-state index in [1.54, 1.807) is 0 Å². The Kier molecular flexibility index (Phi) is 11.6. The van der Waals surface area contributed by atoms with Crippen molar-refractivity contribution in [2.75, 3.05) is 13.2 Å². The minimum absolute atomic E-state index is 0. The van der Waals surface area contributed by atoms with Crippen molar-refractivity contribution in [1.82, 2.24) is 0 Å². The Hall–Kier alpha value is 0.774. The number of ether oxygens (including phenoxy) is 1. The van der Waals surface area contributed by atoms with E-state index in [2.05, 4.69) is 33.0 Å². The Labute approximate surface area is 96.8 Å². The Balaban J connectivity index is 0. The van der Waals surface area contributed by atoms with Crippen LogP contribution in [0.3, 0.4) is 0 Å². The molecule has 3 heteroatoms. The van der Waals surface area contributed by atoms with Crippen LogP contribution in [0.25, 0.3) is 0 Å². The molecular weight excluding hydrogens is 171 g/mol. The SMILES string of the molecule is CCC[CH-]COCC[Si](C)(C)C.[Li+]. The molecule has 74 valence electrons. The molecule has 1 nitrogen and oxygen atoms in total. The monoisotopic (exact) mass is 194 g/mol. The van der Waals surface area contributed by atoms with Crippen LogP contribution in [0.4, 0.5) is 0 Å². The van der Waals surface area contributed by atoms with Gasteiger partial charge in [-0.1, -0.05) is 39.6 Å². The normalized spacial score (nSPS) is 11.1. The van der Waals surface area contributed by atoms with Crippen molar-refractivity contribution in [3.63, 3.8) is 0 Å². The van der Waals surface area contributed by atoms with Crippen molar-refractivity contribution in [3.05, 3.63) is 6.42 Å². The maximum atomic E-state index is 5.49. The van der Waals surface area contributed by atoms with Gasteiger partial charge in [0.2, 0.25) is 0 Å². The smallest absolute Gasteiger partial charge is 0.413 e. The van der Waals surface area contributed by atoms with Crippen LogP contribution in [0.15, 0.2) is 0 Å². The molecule has 13 heavy (non-hydrogen) atoms. The predicted octanol–water partition coefficient (Wildman–Crippen LogP) is 0.350. The van der Waals surface area contributed by atoms with E-state index in [0.717, 1.165) is 13.2 Å². The molecule has 0 aliphatic carbocycles. The van der Waals surface area contributed by atoms with E-state index >= 15 is 0 Å². The first kappa shape index (κ1) is 16.2. The molecule has 0 saturated carbocycles. The van der Waals surface area contributed by atoms with Gasteiger partial charge in [-0.15, -0.1) is 0 Å². The van der Waals surface area contributed by atoms with Gasteiger partial charge >= 0.3 is 18.9 Å². The zero-order valence-electron chi connectivity index (χ0n) is 10.0. The summed E-state index contributed by atoms with van der Waals surface area (Å²) in [5, 5.41) is 0. The zero-order valence-corrected chi connectivity index (χ0v) is 11.0. The average Bonchev–Trinajstić information content (AvgIpc) is 1.94. The summed E-state index contributed by atoms with van der Waals surface area (Å²) in [6.45, 7) is 11.1. The summed E-state index contributed by atoms with van der Waals surface area (Å²) in [5.41, 5.74) is 0. The van der Waals surface area contributed by atoms with Gasteiger partial charge < -0.3 is 11.2 Å². The summed E-state index contributed by atoms with van der Waals surface area (Å²) in [6.07, 6.45) is 4.65. The molecular formula is C10H23LiOSi. The fourth-order valence-corrected chi connectivity index (χ4v) is 1.59. The first-order chi connectivity index (χ1) is 5.56. The van der Waals surface area contributed by atoms with Gasteiger partial charge in [0.25, 0.3) is 0 Å². The first-order valence-electron chi connectivity index (χ1n) is 4.95. The second kappa shape index (κ2) is 9.33. The summed E-state index contributed by atoms with van der Waals surface area (Å²) in [4.78, 5) is 0. The third kappa shape index (κ3) is 15.5. The van der Waals surface area contributed by atoms with Crippen molar-refractivity contribution < 1.29 is 23.6 Å². The van der Waals surface area contributed by atoms with Crippen molar-refractivity contribution in [2.45, 2.75) is 45.5 Å². The summed E-state index contributed by atoms with van der Waals surface area (Å²) < 4.78 is 5.49. The van der Waals surface area contributed by atoms with Crippen LogP contribution in [0.2, 0.25) is 25.7 Å². The van der Waals surface area contributed by atoms with E-state index in [1.807, 2.05) is 0 Å². The van der Waals surface area contributed by atoms with Crippen molar-refractivity contribution in [1.29, 1.82) is 0 Å². The van der Waals surface area contributed by atoms with E-state index in [4.69, 9.17) is 4.74 Å². The third-order valence-corrected chi connectivity index (χ3v) is 3.43. The third-order valence-electron chi connectivity index (χ3n) is 1.72. The van der Waals surface area contributed by atoms with Crippen LogP contribution in [0, 0.1) is 6.42 Å². The van der Waals surface area contributed by atoms with Crippen molar-refractivity contribution in [2.24, 2.45) is 0 Å². The summed E-state index contributed by atoms with van der Waals surface area (Å²) in [5.74, 6) is 0. The minimum atomic E-state index is -0.865. The van der Waals surface area contributed by atoms with Crippen LogP contribution >= 0.6 is 0 Å². The van der Waals surface area contributed by atoms with Crippen LogP contribution in [0.1, 0.15) is 19.8 Å². The van der Waals surface area contributed by atoms with Gasteiger partial charge in [0.1, 0.15) is 0 Å². The largest absolute Gasteiger partial charge is 1.00 e. The molecule has 0 atom stereocenters. The van der Waals surface area contributed by atoms with E-state index in [0.29, 0.717) is 0 Å². The zero-order chi connectivity index (χ0) is 9.45. The Morgan fingerprint density at radius 1 is 1.23 bits per heavy atom. The van der Waals surface area contributed by atoms with Gasteiger partial charge in [0, 0.05) is 14.7 Å². The van der Waals surface area contributed by atoms with Crippen LogP contribution in [-0.4, -0.2) is 21.3 Å². The Morgan fingerprint density at radius 3 is 2.31 bits per heavy atom. The van der Waals surface area contributed by atoms with Gasteiger partial charge in [-0.3, -0.25) is 0 Å². The molecule has 0 aliphatic rings. The molecule has 0 aliphatic heterocycles. The minimum Gasteiger partial charge on any atom is -0.413 e. The molecule has 0 fully saturated rings. The molecule has 0 amide bonds. The van der Waals surface area contributed by atoms with E-state index in [1.165, 1.54) is 18.9 Å². The summed E-state index contributed by atoms with van der Waals surface area (Å²) in [7, 11) is -0.865.